The molecular weight excluding hydrogens is 867 g/mol. The molecule has 0 saturated carbocycles. The first-order valence-electron chi connectivity index (χ1n) is 19.7. The summed E-state index contributed by atoms with van der Waals surface area (Å²) >= 11 is 1.38. The van der Waals surface area contributed by atoms with E-state index in [9.17, 15) is 26.4 Å². The van der Waals surface area contributed by atoms with Gasteiger partial charge in [-0.3, -0.25) is 24.0 Å². The number of rotatable bonds is 10. The number of amides is 2. The van der Waals surface area contributed by atoms with E-state index < -0.39 is 19.7 Å². The summed E-state index contributed by atoms with van der Waals surface area (Å²) in [6.07, 6.45) is 11.3. The van der Waals surface area contributed by atoms with Gasteiger partial charge in [-0.15, -0.1) is 11.3 Å². The van der Waals surface area contributed by atoms with Crippen molar-refractivity contribution in [3.05, 3.63) is 198 Å². The summed E-state index contributed by atoms with van der Waals surface area (Å²) in [7, 11) is -7.37. The standard InChI is InChI=1S/C24H18N4O3S.C24H17N3O3S2/c29-23(19-15-27-24-25-12-13-28(24)16-19)26-14-17-8-10-20(11-9-17)32(30,31)22-7-3-5-18-4-1-2-6-21(18)22;28-24(22-12-18-9-10-25-15-23(18)31-22)27-13-16-5-7-19(8-6-16)32(29,30)20-11-17-3-1-2-4-21(17)26-14-20/h1-13,15-16H,14H2,(H,26,29);1-12,14-15H,13H2,(H,27,28). The summed E-state index contributed by atoms with van der Waals surface area (Å²) in [5.74, 6) is 0.0650. The molecule has 0 saturated heterocycles. The molecule has 16 heteroatoms. The molecule has 13 nitrogen and oxygen atoms in total. The SMILES string of the molecule is O=C(NCc1ccc(S(=O)(=O)c2cccc3ccccc23)cc1)c1cnc2nccn2c1.O=C(NCc1ccc(S(=O)(=O)c2cnc3ccccc3c2)cc1)c1cc2ccncc2s1. The Bertz CT molecular complexity index is 3550. The van der Waals surface area contributed by atoms with Crippen molar-refractivity contribution in [2.75, 3.05) is 0 Å². The van der Waals surface area contributed by atoms with E-state index in [0.717, 1.165) is 37.5 Å². The van der Waals surface area contributed by atoms with Crippen LogP contribution in [0.25, 0.3) is 37.5 Å². The Morgan fingerprint density at radius 1 is 0.578 bits per heavy atom. The fourth-order valence-corrected chi connectivity index (χ4v) is 10.6. The van der Waals surface area contributed by atoms with E-state index in [-0.39, 0.29) is 37.9 Å². The molecule has 0 radical (unpaired) electrons. The van der Waals surface area contributed by atoms with Gasteiger partial charge in [-0.1, -0.05) is 78.9 Å². The zero-order valence-corrected chi connectivity index (χ0v) is 36.0. The van der Waals surface area contributed by atoms with Crippen LogP contribution in [0.5, 0.6) is 0 Å². The Morgan fingerprint density at radius 3 is 2.00 bits per heavy atom. The van der Waals surface area contributed by atoms with E-state index in [4.69, 9.17) is 0 Å². The number of aromatic nitrogens is 5. The summed E-state index contributed by atoms with van der Waals surface area (Å²) in [6.45, 7) is 0.554. The highest BCUT2D eigenvalue weighted by molar-refractivity contribution is 7.92. The lowest BCUT2D eigenvalue weighted by Gasteiger charge is -2.10. The second-order valence-corrected chi connectivity index (χ2v) is 19.5. The van der Waals surface area contributed by atoms with Crippen LogP contribution in [0, 0.1) is 0 Å². The van der Waals surface area contributed by atoms with Gasteiger partial charge in [-0.2, -0.15) is 0 Å². The van der Waals surface area contributed by atoms with Crippen LogP contribution in [0.1, 0.15) is 31.2 Å². The van der Waals surface area contributed by atoms with Gasteiger partial charge >= 0.3 is 0 Å². The number of para-hydroxylation sites is 1. The number of thiophene rings is 1. The number of nitrogens with one attached hydrogen (secondary N) is 2. The molecule has 0 spiro atoms. The van der Waals surface area contributed by atoms with Gasteiger partial charge in [0.2, 0.25) is 25.5 Å². The van der Waals surface area contributed by atoms with Gasteiger partial charge < -0.3 is 10.6 Å². The third kappa shape index (κ3) is 8.70. The molecule has 10 rings (SSSR count). The van der Waals surface area contributed by atoms with Gasteiger partial charge in [0, 0.05) is 67.2 Å². The Kier molecular flexibility index (Phi) is 11.5. The smallest absolute Gasteiger partial charge is 0.261 e. The van der Waals surface area contributed by atoms with E-state index >= 15 is 0 Å². The predicted octanol–water partition coefficient (Wildman–Crippen LogP) is 8.25. The van der Waals surface area contributed by atoms with Crippen LogP contribution in [0.4, 0.5) is 0 Å². The van der Waals surface area contributed by atoms with Crippen LogP contribution >= 0.6 is 11.3 Å². The third-order valence-electron chi connectivity index (χ3n) is 10.3. The van der Waals surface area contributed by atoms with Crippen LogP contribution in [-0.2, 0) is 32.8 Å². The van der Waals surface area contributed by atoms with Crippen LogP contribution in [0.3, 0.4) is 0 Å². The topological polar surface area (TPSA) is 182 Å². The van der Waals surface area contributed by atoms with Gasteiger partial charge in [0.25, 0.3) is 11.8 Å². The average molecular weight is 902 g/mol. The van der Waals surface area contributed by atoms with Gasteiger partial charge in [0.05, 0.1) is 40.2 Å². The number of imidazole rings is 1. The van der Waals surface area contributed by atoms with Gasteiger partial charge in [0.1, 0.15) is 0 Å². The molecule has 0 aliphatic rings. The lowest BCUT2D eigenvalue weighted by molar-refractivity contribution is 0.0944. The quantitative estimate of drug-likeness (QED) is 0.136. The number of hydrogen-bond donors (Lipinski definition) is 2. The Balaban J connectivity index is 0.000000162. The van der Waals surface area contributed by atoms with Crippen LogP contribution in [0.2, 0.25) is 0 Å². The molecule has 316 valence electrons. The van der Waals surface area contributed by atoms with Gasteiger partial charge in [-0.05, 0) is 76.5 Å². The summed E-state index contributed by atoms with van der Waals surface area (Å²) < 4.78 is 55.1. The predicted molar refractivity (Wildman–Crippen MR) is 244 cm³/mol. The van der Waals surface area contributed by atoms with Crippen molar-refractivity contribution in [3.8, 4) is 0 Å². The highest BCUT2D eigenvalue weighted by Crippen LogP contribution is 2.29. The van der Waals surface area contributed by atoms with Crippen molar-refractivity contribution in [2.24, 2.45) is 0 Å². The second kappa shape index (κ2) is 17.6. The monoisotopic (exact) mass is 901 g/mol. The molecule has 10 aromatic rings. The zero-order chi connectivity index (χ0) is 44.3. The highest BCUT2D eigenvalue weighted by atomic mass is 32.2. The number of nitrogens with zero attached hydrogens (tertiary/aromatic N) is 5. The van der Waals surface area contributed by atoms with E-state index in [1.165, 1.54) is 23.7 Å². The normalized spacial score (nSPS) is 11.6. The summed E-state index contributed by atoms with van der Waals surface area (Å²) in [6, 6.07) is 38.4. The number of hydrogen-bond acceptors (Lipinski definition) is 11. The lowest BCUT2D eigenvalue weighted by atomic mass is 10.1. The van der Waals surface area contributed by atoms with Crippen molar-refractivity contribution in [2.45, 2.75) is 32.7 Å². The first kappa shape index (κ1) is 41.7. The fraction of sp³-hybridized carbons (Fsp3) is 0.0417. The first-order chi connectivity index (χ1) is 31.0. The Labute approximate surface area is 371 Å². The summed E-state index contributed by atoms with van der Waals surface area (Å²) in [4.78, 5) is 42.8. The Morgan fingerprint density at radius 2 is 1.25 bits per heavy atom. The molecule has 2 amide bonds. The minimum absolute atomic E-state index is 0.150. The number of sulfone groups is 2. The van der Waals surface area contributed by atoms with Crippen molar-refractivity contribution >= 4 is 80.4 Å². The van der Waals surface area contributed by atoms with Crippen molar-refractivity contribution < 1.29 is 26.4 Å². The van der Waals surface area contributed by atoms with Gasteiger partial charge in [-0.25, -0.2) is 26.8 Å². The van der Waals surface area contributed by atoms with E-state index in [1.807, 2.05) is 66.7 Å². The number of fused-ring (bicyclic) bond motifs is 4. The third-order valence-corrected chi connectivity index (χ3v) is 15.0. The number of carbonyl (C=O) groups excluding carboxylic acids is 2. The molecule has 0 aliphatic carbocycles. The molecule has 2 N–H and O–H groups in total. The van der Waals surface area contributed by atoms with Crippen molar-refractivity contribution in [1.29, 1.82) is 0 Å². The molecule has 0 unspecified atom stereocenters. The van der Waals surface area contributed by atoms with Gasteiger partial charge in [0.15, 0.2) is 0 Å². The molecule has 5 aromatic heterocycles. The van der Waals surface area contributed by atoms with E-state index in [2.05, 4.69) is 30.6 Å². The molecule has 64 heavy (non-hydrogen) atoms. The average Bonchev–Trinajstić information content (AvgIpc) is 4.00. The number of pyridine rings is 2. The van der Waals surface area contributed by atoms with Crippen LogP contribution in [0.15, 0.2) is 196 Å². The maximum absolute atomic E-state index is 13.2. The molecule has 5 aromatic carbocycles. The van der Waals surface area contributed by atoms with Crippen LogP contribution in [-0.4, -0.2) is 53.0 Å². The lowest BCUT2D eigenvalue weighted by Crippen LogP contribution is -2.23. The summed E-state index contributed by atoms with van der Waals surface area (Å²) in [5.41, 5.74) is 2.74. The molecule has 0 bridgehead atoms. The van der Waals surface area contributed by atoms with E-state index in [0.29, 0.717) is 28.1 Å². The minimum atomic E-state index is -3.69. The molecule has 0 atom stereocenters. The summed E-state index contributed by atoms with van der Waals surface area (Å²) in [5, 5.41) is 9.01. The number of carbonyl (C=O) groups is 2. The zero-order valence-electron chi connectivity index (χ0n) is 33.6. The molecular formula is C48H35N7O6S3. The molecule has 0 fully saturated rings. The molecule has 5 heterocycles. The number of benzene rings is 5. The maximum Gasteiger partial charge on any atom is 0.261 e. The van der Waals surface area contributed by atoms with Crippen molar-refractivity contribution in [1.82, 2.24) is 35.0 Å². The fourth-order valence-electron chi connectivity index (χ4n) is 6.95. The second-order valence-electron chi connectivity index (χ2n) is 14.5. The Hall–Kier alpha value is -7.66. The maximum atomic E-state index is 13.2. The first-order valence-corrected chi connectivity index (χ1v) is 23.5. The van der Waals surface area contributed by atoms with Crippen LogP contribution < -0.4 is 10.6 Å². The highest BCUT2D eigenvalue weighted by Gasteiger charge is 2.21. The van der Waals surface area contributed by atoms with E-state index in [1.54, 1.807) is 102 Å². The van der Waals surface area contributed by atoms with Crippen molar-refractivity contribution in [3.63, 3.8) is 0 Å². The molecule has 0 aliphatic heterocycles. The largest absolute Gasteiger partial charge is 0.348 e. The minimum Gasteiger partial charge on any atom is -0.348 e.